The van der Waals surface area contributed by atoms with Crippen LogP contribution in [0.15, 0.2) is 120 Å². The third kappa shape index (κ3) is 3.29. The van der Waals surface area contributed by atoms with Gasteiger partial charge in [0, 0.05) is 43.7 Å². The highest BCUT2D eigenvalue weighted by Crippen LogP contribution is 2.53. The molecule has 9 rings (SSSR count). The molecule has 0 spiro atoms. The summed E-state index contributed by atoms with van der Waals surface area (Å²) in [4.78, 5) is 0. The standard InChI is InChI=1S/C41H25N3O/c1-41(2)32-14-5-3-11-29(32)38-33(41)19-18-28-27-12-8-13-30(39(27)45-40(28)38)37-25(23-43)9-7-16-36(37)44-34-15-6-4-10-26(34)31-21-24(22-42)17-20-35(31)44/h3-21H,1-2H3. The van der Waals surface area contributed by atoms with E-state index in [9.17, 15) is 10.5 Å². The fourth-order valence-corrected chi connectivity index (χ4v) is 7.64. The van der Waals surface area contributed by atoms with E-state index >= 15 is 0 Å². The van der Waals surface area contributed by atoms with Crippen LogP contribution in [0, 0.1) is 22.7 Å². The Morgan fingerprint density at radius 3 is 2.18 bits per heavy atom. The normalized spacial score (nSPS) is 13.2. The van der Waals surface area contributed by atoms with Crippen LogP contribution in [0.1, 0.15) is 36.1 Å². The van der Waals surface area contributed by atoms with Gasteiger partial charge in [-0.05, 0) is 53.1 Å². The molecule has 4 nitrogen and oxygen atoms in total. The van der Waals surface area contributed by atoms with Crippen molar-refractivity contribution in [2.45, 2.75) is 19.3 Å². The molecule has 45 heavy (non-hydrogen) atoms. The van der Waals surface area contributed by atoms with Crippen LogP contribution in [0.4, 0.5) is 0 Å². The largest absolute Gasteiger partial charge is 0.455 e. The molecule has 0 fully saturated rings. The highest BCUT2D eigenvalue weighted by atomic mass is 16.3. The summed E-state index contributed by atoms with van der Waals surface area (Å²) in [5.41, 5.74) is 12.2. The number of para-hydroxylation sites is 2. The van der Waals surface area contributed by atoms with Crippen molar-refractivity contribution in [3.8, 4) is 40.1 Å². The zero-order valence-electron chi connectivity index (χ0n) is 24.7. The fourth-order valence-electron chi connectivity index (χ4n) is 7.64. The van der Waals surface area contributed by atoms with E-state index in [-0.39, 0.29) is 5.41 Å². The Labute approximate surface area is 259 Å². The van der Waals surface area contributed by atoms with Crippen molar-refractivity contribution in [1.82, 2.24) is 4.57 Å². The van der Waals surface area contributed by atoms with E-state index in [1.807, 2.05) is 42.5 Å². The van der Waals surface area contributed by atoms with Crippen LogP contribution in [0.3, 0.4) is 0 Å². The second kappa shape index (κ2) is 8.96. The highest BCUT2D eigenvalue weighted by Gasteiger charge is 2.37. The molecule has 0 unspecified atom stereocenters. The van der Waals surface area contributed by atoms with E-state index in [1.165, 1.54) is 16.7 Å². The monoisotopic (exact) mass is 575 g/mol. The van der Waals surface area contributed by atoms with Crippen LogP contribution in [0.25, 0.3) is 71.7 Å². The number of furan rings is 1. The first-order valence-electron chi connectivity index (χ1n) is 15.1. The molecule has 6 aromatic carbocycles. The number of nitrogens with zero attached hydrogens (tertiary/aromatic N) is 3. The third-order valence-corrected chi connectivity index (χ3v) is 9.68. The number of rotatable bonds is 2. The summed E-state index contributed by atoms with van der Waals surface area (Å²) in [5.74, 6) is 0. The molecular weight excluding hydrogens is 550 g/mol. The summed E-state index contributed by atoms with van der Waals surface area (Å²) in [6.45, 7) is 4.55. The molecule has 0 amide bonds. The van der Waals surface area contributed by atoms with Gasteiger partial charge >= 0.3 is 0 Å². The summed E-state index contributed by atoms with van der Waals surface area (Å²) in [7, 11) is 0. The Kier molecular flexibility index (Phi) is 5.06. The Hall–Kier alpha value is -6.10. The fraction of sp³-hybridized carbons (Fsp3) is 0.0732. The van der Waals surface area contributed by atoms with E-state index < -0.39 is 0 Å². The minimum atomic E-state index is -0.134. The van der Waals surface area contributed by atoms with Crippen LogP contribution < -0.4 is 0 Å². The maximum Gasteiger partial charge on any atom is 0.143 e. The topological polar surface area (TPSA) is 65.7 Å². The van der Waals surface area contributed by atoms with Gasteiger partial charge in [0.25, 0.3) is 0 Å². The minimum Gasteiger partial charge on any atom is -0.455 e. The number of nitriles is 2. The third-order valence-electron chi connectivity index (χ3n) is 9.68. The zero-order chi connectivity index (χ0) is 30.4. The maximum absolute atomic E-state index is 10.5. The van der Waals surface area contributed by atoms with Gasteiger partial charge in [0.15, 0.2) is 0 Å². The molecule has 2 aromatic heterocycles. The van der Waals surface area contributed by atoms with Crippen molar-refractivity contribution >= 4 is 43.7 Å². The average molecular weight is 576 g/mol. The molecule has 2 heterocycles. The van der Waals surface area contributed by atoms with E-state index in [0.717, 1.165) is 66.1 Å². The van der Waals surface area contributed by atoms with Crippen molar-refractivity contribution < 1.29 is 4.42 Å². The van der Waals surface area contributed by atoms with Gasteiger partial charge < -0.3 is 8.98 Å². The number of fused-ring (bicyclic) bond motifs is 10. The molecule has 0 radical (unpaired) electrons. The lowest BCUT2D eigenvalue weighted by Crippen LogP contribution is -2.14. The Balaban J connectivity index is 1.39. The van der Waals surface area contributed by atoms with Gasteiger partial charge in [0.2, 0.25) is 0 Å². The predicted octanol–water partition coefficient (Wildman–Crippen LogP) is 10.4. The molecule has 4 heteroatoms. The first-order valence-corrected chi connectivity index (χ1v) is 15.1. The number of hydrogen-bond acceptors (Lipinski definition) is 3. The van der Waals surface area contributed by atoms with E-state index in [1.54, 1.807) is 0 Å². The smallest absolute Gasteiger partial charge is 0.143 e. The van der Waals surface area contributed by atoms with Gasteiger partial charge in [0.1, 0.15) is 11.2 Å². The lowest BCUT2D eigenvalue weighted by molar-refractivity contribution is 0.653. The summed E-state index contributed by atoms with van der Waals surface area (Å²) in [6.07, 6.45) is 0. The van der Waals surface area contributed by atoms with E-state index in [4.69, 9.17) is 4.42 Å². The summed E-state index contributed by atoms with van der Waals surface area (Å²) >= 11 is 0. The quantitative estimate of drug-likeness (QED) is 0.206. The van der Waals surface area contributed by atoms with Gasteiger partial charge in [-0.1, -0.05) is 92.7 Å². The summed E-state index contributed by atoms with van der Waals surface area (Å²) in [6, 6.07) is 43.9. The highest BCUT2D eigenvalue weighted by molar-refractivity contribution is 6.16. The average Bonchev–Trinajstić information content (AvgIpc) is 3.70. The molecule has 0 bridgehead atoms. The minimum absolute atomic E-state index is 0.134. The predicted molar refractivity (Wildman–Crippen MR) is 180 cm³/mol. The van der Waals surface area contributed by atoms with Gasteiger partial charge in [-0.2, -0.15) is 10.5 Å². The molecule has 8 aromatic rings. The van der Waals surface area contributed by atoms with Crippen LogP contribution >= 0.6 is 0 Å². The van der Waals surface area contributed by atoms with Crippen LogP contribution in [0.5, 0.6) is 0 Å². The molecule has 1 aliphatic rings. The van der Waals surface area contributed by atoms with E-state index in [2.05, 4.69) is 103 Å². The Bertz CT molecular complexity index is 2650. The summed E-state index contributed by atoms with van der Waals surface area (Å²) < 4.78 is 9.16. The molecule has 210 valence electrons. The number of hydrogen-bond donors (Lipinski definition) is 0. The first-order chi connectivity index (χ1) is 22.0. The van der Waals surface area contributed by atoms with Crippen molar-refractivity contribution in [2.75, 3.05) is 0 Å². The van der Waals surface area contributed by atoms with Gasteiger partial charge in [0.05, 0.1) is 40.0 Å². The molecule has 1 aliphatic carbocycles. The Morgan fingerprint density at radius 2 is 1.31 bits per heavy atom. The molecular formula is C41H25N3O. The van der Waals surface area contributed by atoms with Crippen molar-refractivity contribution in [3.05, 3.63) is 138 Å². The van der Waals surface area contributed by atoms with Crippen LogP contribution in [0.2, 0.25) is 0 Å². The molecule has 0 atom stereocenters. The van der Waals surface area contributed by atoms with Gasteiger partial charge in [-0.3, -0.25) is 0 Å². The van der Waals surface area contributed by atoms with Crippen molar-refractivity contribution in [3.63, 3.8) is 0 Å². The molecule has 0 saturated heterocycles. The first kappa shape index (κ1) is 25.4. The number of aromatic nitrogens is 1. The lowest BCUT2D eigenvalue weighted by atomic mass is 9.82. The number of benzene rings is 6. The zero-order valence-corrected chi connectivity index (χ0v) is 24.7. The van der Waals surface area contributed by atoms with Crippen LogP contribution in [-0.4, -0.2) is 4.57 Å². The molecule has 0 aliphatic heterocycles. The SMILES string of the molecule is CC1(C)c2ccccc2-c2c1ccc1c2oc2c(-c3c(C#N)cccc3-n3c4ccccc4c4cc(C#N)ccc43)cccc21. The Morgan fingerprint density at radius 1 is 0.578 bits per heavy atom. The molecule has 0 N–H and O–H groups in total. The second-order valence-electron chi connectivity index (χ2n) is 12.3. The molecule has 0 saturated carbocycles. The van der Waals surface area contributed by atoms with Crippen LogP contribution in [-0.2, 0) is 5.41 Å². The van der Waals surface area contributed by atoms with Crippen molar-refractivity contribution in [1.29, 1.82) is 10.5 Å². The maximum atomic E-state index is 10.5. The lowest BCUT2D eigenvalue weighted by Gasteiger charge is -2.21. The van der Waals surface area contributed by atoms with Crippen molar-refractivity contribution in [2.24, 2.45) is 0 Å². The van der Waals surface area contributed by atoms with Gasteiger partial charge in [-0.25, -0.2) is 0 Å². The second-order valence-corrected chi connectivity index (χ2v) is 12.3. The van der Waals surface area contributed by atoms with E-state index in [0.29, 0.717) is 11.1 Å². The van der Waals surface area contributed by atoms with Gasteiger partial charge in [-0.15, -0.1) is 0 Å². The summed E-state index contributed by atoms with van der Waals surface area (Å²) in [5, 5.41) is 24.3.